The largest absolute Gasteiger partial charge is 0.469 e. The van der Waals surface area contributed by atoms with Gasteiger partial charge in [-0.05, 0) is 38.1 Å². The minimum Gasteiger partial charge on any atom is -0.469 e. The predicted octanol–water partition coefficient (Wildman–Crippen LogP) is 1.78. The first-order valence-corrected chi connectivity index (χ1v) is 9.66. The molecule has 2 N–H and O–H groups in total. The van der Waals surface area contributed by atoms with Crippen LogP contribution in [0.2, 0.25) is 0 Å². The van der Waals surface area contributed by atoms with E-state index >= 15 is 0 Å². The number of aromatic nitrogens is 2. The Morgan fingerprint density at radius 1 is 1.21 bits per heavy atom. The van der Waals surface area contributed by atoms with E-state index < -0.39 is 17.5 Å². The van der Waals surface area contributed by atoms with Crippen LogP contribution >= 0.6 is 11.8 Å². The van der Waals surface area contributed by atoms with E-state index in [0.717, 1.165) is 11.8 Å². The molecule has 2 aromatic rings. The molecule has 1 heterocycles. The molecule has 0 saturated carbocycles. The van der Waals surface area contributed by atoms with Crippen molar-refractivity contribution in [3.05, 3.63) is 51.9 Å². The van der Waals surface area contributed by atoms with E-state index in [4.69, 9.17) is 4.74 Å². The molecular weight excluding hydrogens is 398 g/mol. The molecule has 0 radical (unpaired) electrons. The Balaban J connectivity index is 1.92. The molecule has 0 unspecified atom stereocenters. The van der Waals surface area contributed by atoms with Gasteiger partial charge in [0.15, 0.2) is 5.16 Å². The molecular formula is C19H21N3O6S. The van der Waals surface area contributed by atoms with Gasteiger partial charge in [-0.3, -0.25) is 14.4 Å². The SMILES string of the molecule is COC(=O)Cc1cc(=O)[nH]c(SCC(=O)Nc2ccc(C(=O)OC(C)C)cc2)n1. The van der Waals surface area contributed by atoms with E-state index in [2.05, 4.69) is 20.0 Å². The van der Waals surface area contributed by atoms with Gasteiger partial charge in [0.05, 0.1) is 36.6 Å². The lowest BCUT2D eigenvalue weighted by molar-refractivity contribution is -0.139. The molecule has 9 nitrogen and oxygen atoms in total. The van der Waals surface area contributed by atoms with Gasteiger partial charge in [-0.25, -0.2) is 9.78 Å². The number of benzene rings is 1. The second-order valence-electron chi connectivity index (χ2n) is 6.16. The number of H-pyrrole nitrogens is 1. The van der Waals surface area contributed by atoms with E-state index in [1.807, 2.05) is 0 Å². The third-order valence-corrected chi connectivity index (χ3v) is 4.29. The number of esters is 2. The summed E-state index contributed by atoms with van der Waals surface area (Å²) in [5.74, 6) is -1.29. The van der Waals surface area contributed by atoms with Crippen LogP contribution in [0.1, 0.15) is 29.9 Å². The van der Waals surface area contributed by atoms with Gasteiger partial charge in [-0.2, -0.15) is 0 Å². The summed E-state index contributed by atoms with van der Waals surface area (Å²) in [4.78, 5) is 53.6. The molecule has 154 valence electrons. The highest BCUT2D eigenvalue weighted by Gasteiger charge is 2.11. The zero-order valence-electron chi connectivity index (χ0n) is 16.2. The summed E-state index contributed by atoms with van der Waals surface area (Å²) in [7, 11) is 1.25. The summed E-state index contributed by atoms with van der Waals surface area (Å²) in [6.07, 6.45) is -0.351. The Bertz CT molecular complexity index is 940. The van der Waals surface area contributed by atoms with Gasteiger partial charge >= 0.3 is 11.9 Å². The molecule has 2 rings (SSSR count). The number of nitrogens with one attached hydrogen (secondary N) is 2. The smallest absolute Gasteiger partial charge is 0.338 e. The normalized spacial score (nSPS) is 10.5. The zero-order valence-corrected chi connectivity index (χ0v) is 17.0. The van der Waals surface area contributed by atoms with Crippen LogP contribution in [-0.4, -0.2) is 46.8 Å². The number of nitrogens with zero attached hydrogens (tertiary/aromatic N) is 1. The third-order valence-electron chi connectivity index (χ3n) is 3.41. The summed E-state index contributed by atoms with van der Waals surface area (Å²) in [6, 6.07) is 7.51. The Kier molecular flexibility index (Phi) is 7.96. The number of carbonyl (C=O) groups is 3. The third kappa shape index (κ3) is 7.41. The molecule has 0 fully saturated rings. The Hall–Kier alpha value is -3.14. The molecule has 0 aliphatic heterocycles. The van der Waals surface area contributed by atoms with Crippen molar-refractivity contribution in [3.8, 4) is 0 Å². The van der Waals surface area contributed by atoms with Gasteiger partial charge in [-0.15, -0.1) is 0 Å². The predicted molar refractivity (Wildman–Crippen MR) is 107 cm³/mol. The molecule has 1 aromatic heterocycles. The van der Waals surface area contributed by atoms with Crippen molar-refractivity contribution in [2.45, 2.75) is 31.5 Å². The molecule has 0 atom stereocenters. The zero-order chi connectivity index (χ0) is 21.4. The van der Waals surface area contributed by atoms with Crippen molar-refractivity contribution >= 4 is 35.3 Å². The topological polar surface area (TPSA) is 127 Å². The maximum atomic E-state index is 12.1. The van der Waals surface area contributed by atoms with Crippen molar-refractivity contribution in [1.82, 2.24) is 9.97 Å². The van der Waals surface area contributed by atoms with Gasteiger partial charge in [0.1, 0.15) is 0 Å². The highest BCUT2D eigenvalue weighted by molar-refractivity contribution is 7.99. The monoisotopic (exact) mass is 419 g/mol. The second-order valence-corrected chi connectivity index (χ2v) is 7.13. The van der Waals surface area contributed by atoms with E-state index in [9.17, 15) is 19.2 Å². The van der Waals surface area contributed by atoms with E-state index in [1.165, 1.54) is 13.2 Å². The number of rotatable bonds is 8. The van der Waals surface area contributed by atoms with Crippen LogP contribution in [0.3, 0.4) is 0 Å². The Morgan fingerprint density at radius 3 is 2.52 bits per heavy atom. The Morgan fingerprint density at radius 2 is 1.90 bits per heavy atom. The number of anilines is 1. The summed E-state index contributed by atoms with van der Waals surface area (Å²) in [6.45, 7) is 3.52. The fraction of sp³-hybridized carbons (Fsp3) is 0.316. The molecule has 0 aliphatic rings. The number of ether oxygens (including phenoxy) is 2. The van der Waals surface area contributed by atoms with Crippen LogP contribution in [0.5, 0.6) is 0 Å². The van der Waals surface area contributed by atoms with Crippen molar-refractivity contribution in [3.63, 3.8) is 0 Å². The summed E-state index contributed by atoms with van der Waals surface area (Å²) in [5.41, 5.74) is 0.728. The first-order valence-electron chi connectivity index (χ1n) is 8.67. The second kappa shape index (κ2) is 10.4. The molecule has 10 heteroatoms. The van der Waals surface area contributed by atoms with Gasteiger partial charge < -0.3 is 19.8 Å². The molecule has 0 saturated heterocycles. The average molecular weight is 419 g/mol. The highest BCUT2D eigenvalue weighted by atomic mass is 32.2. The van der Waals surface area contributed by atoms with E-state index in [0.29, 0.717) is 11.3 Å². The number of thioether (sulfide) groups is 1. The lowest BCUT2D eigenvalue weighted by atomic mass is 10.2. The minimum absolute atomic E-state index is 0.0121. The fourth-order valence-corrected chi connectivity index (χ4v) is 2.86. The standard InChI is InChI=1S/C19H21N3O6S/c1-11(2)28-18(26)12-4-6-13(7-5-12)20-16(24)10-29-19-21-14(8-15(23)22-19)9-17(25)27-3/h4-8,11H,9-10H2,1-3H3,(H,20,24)(H,21,22,23). The lowest BCUT2D eigenvalue weighted by Gasteiger charge is -2.09. The molecule has 0 spiro atoms. The van der Waals surface area contributed by atoms with Crippen molar-refractivity contribution in [2.24, 2.45) is 0 Å². The summed E-state index contributed by atoms with van der Waals surface area (Å²) < 4.78 is 9.65. The van der Waals surface area contributed by atoms with Crippen LogP contribution in [0.4, 0.5) is 5.69 Å². The molecule has 1 aromatic carbocycles. The first-order chi connectivity index (χ1) is 13.8. The van der Waals surface area contributed by atoms with Gasteiger partial charge in [0.2, 0.25) is 5.91 Å². The lowest BCUT2D eigenvalue weighted by Crippen LogP contribution is -2.17. The van der Waals surface area contributed by atoms with Gasteiger partial charge in [-0.1, -0.05) is 11.8 Å². The van der Waals surface area contributed by atoms with Gasteiger partial charge in [0.25, 0.3) is 5.56 Å². The molecule has 29 heavy (non-hydrogen) atoms. The summed E-state index contributed by atoms with van der Waals surface area (Å²) in [5, 5.41) is 2.90. The highest BCUT2D eigenvalue weighted by Crippen LogP contribution is 2.15. The van der Waals surface area contributed by atoms with Crippen LogP contribution in [-0.2, 0) is 25.5 Å². The van der Waals surface area contributed by atoms with Crippen molar-refractivity contribution < 1.29 is 23.9 Å². The maximum Gasteiger partial charge on any atom is 0.338 e. The van der Waals surface area contributed by atoms with E-state index in [1.54, 1.807) is 38.1 Å². The van der Waals surface area contributed by atoms with Gasteiger partial charge in [0, 0.05) is 11.8 Å². The van der Waals surface area contributed by atoms with E-state index in [-0.39, 0.29) is 35.0 Å². The van der Waals surface area contributed by atoms with Crippen LogP contribution in [0, 0.1) is 0 Å². The number of carbonyl (C=O) groups excluding carboxylic acids is 3. The summed E-state index contributed by atoms with van der Waals surface area (Å²) >= 11 is 1.02. The first kappa shape index (κ1) is 22.2. The van der Waals surface area contributed by atoms with Crippen LogP contribution in [0.25, 0.3) is 0 Å². The number of hydrogen-bond acceptors (Lipinski definition) is 8. The van der Waals surface area contributed by atoms with Crippen LogP contribution in [0.15, 0.2) is 40.3 Å². The fourth-order valence-electron chi connectivity index (χ4n) is 2.17. The van der Waals surface area contributed by atoms with Crippen molar-refractivity contribution in [1.29, 1.82) is 0 Å². The number of aromatic amines is 1. The molecule has 1 amide bonds. The molecule has 0 aliphatic carbocycles. The van der Waals surface area contributed by atoms with Crippen LogP contribution < -0.4 is 10.9 Å². The number of methoxy groups -OCH3 is 1. The number of amides is 1. The Labute approximate surface area is 171 Å². The average Bonchev–Trinajstić information content (AvgIpc) is 2.66. The molecule has 0 bridgehead atoms. The number of hydrogen-bond donors (Lipinski definition) is 2. The minimum atomic E-state index is -0.516. The maximum absolute atomic E-state index is 12.1. The van der Waals surface area contributed by atoms with Crippen molar-refractivity contribution in [2.75, 3.05) is 18.2 Å². The quantitative estimate of drug-likeness (QED) is 0.377.